The van der Waals surface area contributed by atoms with E-state index < -0.39 is 0 Å². The van der Waals surface area contributed by atoms with Gasteiger partial charge in [-0.25, -0.2) is 4.79 Å². The van der Waals surface area contributed by atoms with Crippen molar-refractivity contribution in [3.8, 4) is 6.07 Å². The fourth-order valence-electron chi connectivity index (χ4n) is 2.87. The van der Waals surface area contributed by atoms with Crippen LogP contribution in [0, 0.1) is 11.3 Å². The molecule has 0 aliphatic carbocycles. The number of carbonyl (C=O) groups excluding carboxylic acids is 2. The minimum absolute atomic E-state index is 0.295. The Labute approximate surface area is 161 Å². The van der Waals surface area contributed by atoms with E-state index >= 15 is 0 Å². The van der Waals surface area contributed by atoms with Crippen LogP contribution in [0.15, 0.2) is 36.4 Å². The fourth-order valence-corrected chi connectivity index (χ4v) is 4.09. The highest BCUT2D eigenvalue weighted by Crippen LogP contribution is 2.36. The molecule has 138 valence electrons. The molecule has 0 spiro atoms. The standard InChI is InChI=1S/C20H19N3O3S/c1-2-26-20(25)23-11-10-15-16(12-21)19(27-17(15)13-23)22-18(24)9-8-14-6-4-3-5-7-14/h3-9H,2,10-11,13H2,1H3,(H,22,24). The van der Waals surface area contributed by atoms with Gasteiger partial charge in [0.1, 0.15) is 11.1 Å². The molecule has 2 aromatic rings. The van der Waals surface area contributed by atoms with Gasteiger partial charge in [-0.2, -0.15) is 5.26 Å². The zero-order valence-corrected chi connectivity index (χ0v) is 15.7. The van der Waals surface area contributed by atoms with E-state index in [4.69, 9.17) is 4.74 Å². The van der Waals surface area contributed by atoms with E-state index in [1.54, 1.807) is 17.9 Å². The van der Waals surface area contributed by atoms with Gasteiger partial charge in [0.05, 0.1) is 18.7 Å². The van der Waals surface area contributed by atoms with Crippen LogP contribution < -0.4 is 5.32 Å². The second-order valence-corrected chi connectivity index (χ2v) is 7.03. The molecule has 2 amide bonds. The molecule has 7 heteroatoms. The van der Waals surface area contributed by atoms with Gasteiger partial charge in [0.15, 0.2) is 0 Å². The summed E-state index contributed by atoms with van der Waals surface area (Å²) in [5, 5.41) is 12.8. The largest absolute Gasteiger partial charge is 0.450 e. The van der Waals surface area contributed by atoms with Gasteiger partial charge < -0.3 is 15.0 Å². The van der Waals surface area contributed by atoms with Gasteiger partial charge in [0.2, 0.25) is 5.91 Å². The van der Waals surface area contributed by atoms with Crippen molar-refractivity contribution in [1.82, 2.24) is 4.90 Å². The molecule has 0 saturated carbocycles. The van der Waals surface area contributed by atoms with Crippen LogP contribution in [-0.4, -0.2) is 30.1 Å². The third kappa shape index (κ3) is 4.36. The van der Waals surface area contributed by atoms with E-state index in [9.17, 15) is 14.9 Å². The molecule has 1 aromatic carbocycles. The van der Waals surface area contributed by atoms with Gasteiger partial charge in [0, 0.05) is 17.5 Å². The van der Waals surface area contributed by atoms with Crippen molar-refractivity contribution in [3.63, 3.8) is 0 Å². The van der Waals surface area contributed by atoms with Crippen LogP contribution in [0.5, 0.6) is 0 Å². The number of thiophene rings is 1. The number of nitrogens with one attached hydrogen (secondary N) is 1. The second-order valence-electron chi connectivity index (χ2n) is 5.92. The minimum atomic E-state index is -0.355. The Morgan fingerprint density at radius 2 is 2.15 bits per heavy atom. The highest BCUT2D eigenvalue weighted by atomic mass is 32.1. The molecule has 0 unspecified atom stereocenters. The van der Waals surface area contributed by atoms with Crippen molar-refractivity contribution in [2.75, 3.05) is 18.5 Å². The van der Waals surface area contributed by atoms with Gasteiger partial charge in [-0.05, 0) is 30.5 Å². The Balaban J connectivity index is 1.74. The van der Waals surface area contributed by atoms with E-state index in [1.807, 2.05) is 30.3 Å². The Bertz CT molecular complexity index is 913. The summed E-state index contributed by atoms with van der Waals surface area (Å²) in [5.41, 5.74) is 2.31. The van der Waals surface area contributed by atoms with Crippen LogP contribution >= 0.6 is 11.3 Å². The molecular formula is C20H19N3O3S. The number of benzene rings is 1. The number of rotatable bonds is 4. The summed E-state index contributed by atoms with van der Waals surface area (Å²) in [6, 6.07) is 11.7. The summed E-state index contributed by atoms with van der Waals surface area (Å²) in [5.74, 6) is -0.295. The smallest absolute Gasteiger partial charge is 0.410 e. The maximum atomic E-state index is 12.2. The lowest BCUT2D eigenvalue weighted by molar-refractivity contribution is -0.111. The summed E-state index contributed by atoms with van der Waals surface area (Å²) in [7, 11) is 0. The van der Waals surface area contributed by atoms with Crippen molar-refractivity contribution in [1.29, 1.82) is 5.26 Å². The second kappa shape index (κ2) is 8.52. The van der Waals surface area contributed by atoms with E-state index in [0.29, 0.717) is 36.7 Å². The van der Waals surface area contributed by atoms with Crippen molar-refractivity contribution >= 4 is 34.4 Å². The minimum Gasteiger partial charge on any atom is -0.450 e. The van der Waals surface area contributed by atoms with Crippen molar-refractivity contribution in [2.24, 2.45) is 0 Å². The SMILES string of the molecule is CCOC(=O)N1CCc2c(sc(NC(=O)C=Cc3ccccc3)c2C#N)C1. The van der Waals surface area contributed by atoms with E-state index in [2.05, 4.69) is 11.4 Å². The van der Waals surface area contributed by atoms with Crippen LogP contribution in [0.1, 0.15) is 28.5 Å². The van der Waals surface area contributed by atoms with Crippen LogP contribution in [0.4, 0.5) is 9.80 Å². The molecule has 1 aliphatic heterocycles. The molecule has 2 heterocycles. The number of nitrogens with zero attached hydrogens (tertiary/aromatic N) is 2. The first-order valence-corrected chi connectivity index (χ1v) is 9.44. The first-order valence-electron chi connectivity index (χ1n) is 8.62. The predicted molar refractivity (Wildman–Crippen MR) is 104 cm³/mol. The average molecular weight is 381 g/mol. The maximum absolute atomic E-state index is 12.2. The van der Waals surface area contributed by atoms with Crippen LogP contribution in [0.2, 0.25) is 0 Å². The molecule has 0 bridgehead atoms. The topological polar surface area (TPSA) is 82.4 Å². The highest BCUT2D eigenvalue weighted by molar-refractivity contribution is 7.16. The number of fused-ring (bicyclic) bond motifs is 1. The Morgan fingerprint density at radius 3 is 2.85 bits per heavy atom. The average Bonchev–Trinajstić information content (AvgIpc) is 3.03. The first kappa shape index (κ1) is 18.7. The van der Waals surface area contributed by atoms with E-state index in [-0.39, 0.29) is 12.0 Å². The molecule has 6 nitrogen and oxygen atoms in total. The predicted octanol–water partition coefficient (Wildman–Crippen LogP) is 3.79. The first-order chi connectivity index (χ1) is 13.1. The molecule has 0 fully saturated rings. The summed E-state index contributed by atoms with van der Waals surface area (Å²) < 4.78 is 5.05. The fraction of sp³-hybridized carbons (Fsp3) is 0.250. The van der Waals surface area contributed by atoms with Crippen LogP contribution in [0.25, 0.3) is 6.08 Å². The van der Waals surface area contributed by atoms with E-state index in [0.717, 1.165) is 16.0 Å². The number of amides is 2. The van der Waals surface area contributed by atoms with Crippen LogP contribution in [0.3, 0.4) is 0 Å². The number of nitriles is 1. The van der Waals surface area contributed by atoms with Gasteiger partial charge in [-0.3, -0.25) is 4.79 Å². The number of anilines is 1. The molecule has 0 saturated heterocycles. The molecular weight excluding hydrogens is 362 g/mol. The molecule has 3 rings (SSSR count). The quantitative estimate of drug-likeness (QED) is 0.817. The lowest BCUT2D eigenvalue weighted by atomic mass is 10.0. The molecule has 1 N–H and O–H groups in total. The Morgan fingerprint density at radius 1 is 1.37 bits per heavy atom. The number of hydrogen-bond acceptors (Lipinski definition) is 5. The molecule has 0 radical (unpaired) electrons. The maximum Gasteiger partial charge on any atom is 0.410 e. The van der Waals surface area contributed by atoms with Crippen LogP contribution in [-0.2, 0) is 22.5 Å². The summed E-state index contributed by atoms with van der Waals surface area (Å²) in [6.07, 6.45) is 3.38. The third-order valence-corrected chi connectivity index (χ3v) is 5.29. The normalized spacial score (nSPS) is 13.1. The number of carbonyl (C=O) groups is 2. The molecule has 27 heavy (non-hydrogen) atoms. The van der Waals surface area contributed by atoms with Gasteiger partial charge in [-0.15, -0.1) is 11.3 Å². The van der Waals surface area contributed by atoms with Gasteiger partial charge >= 0.3 is 6.09 Å². The number of ether oxygens (including phenoxy) is 1. The lowest BCUT2D eigenvalue weighted by Crippen LogP contribution is -2.35. The van der Waals surface area contributed by atoms with Crippen molar-refractivity contribution in [3.05, 3.63) is 58.0 Å². The van der Waals surface area contributed by atoms with Gasteiger partial charge in [-0.1, -0.05) is 30.3 Å². The van der Waals surface area contributed by atoms with Crippen molar-refractivity contribution < 1.29 is 14.3 Å². The summed E-state index contributed by atoms with van der Waals surface area (Å²) >= 11 is 1.34. The third-order valence-electron chi connectivity index (χ3n) is 4.16. The zero-order chi connectivity index (χ0) is 19.2. The molecule has 1 aliphatic rings. The van der Waals surface area contributed by atoms with E-state index in [1.165, 1.54) is 17.4 Å². The summed E-state index contributed by atoms with van der Waals surface area (Å²) in [4.78, 5) is 26.7. The van der Waals surface area contributed by atoms with Gasteiger partial charge in [0.25, 0.3) is 0 Å². The molecule has 0 atom stereocenters. The zero-order valence-electron chi connectivity index (χ0n) is 14.9. The molecule has 1 aromatic heterocycles. The Kier molecular flexibility index (Phi) is 5.89. The van der Waals surface area contributed by atoms with Crippen molar-refractivity contribution in [2.45, 2.75) is 19.9 Å². The number of hydrogen-bond donors (Lipinski definition) is 1. The summed E-state index contributed by atoms with van der Waals surface area (Å²) in [6.45, 7) is 2.98. The monoisotopic (exact) mass is 381 g/mol. The Hall–Kier alpha value is -3.11. The highest BCUT2D eigenvalue weighted by Gasteiger charge is 2.27. The lowest BCUT2D eigenvalue weighted by Gasteiger charge is -2.25.